The highest BCUT2D eigenvalue weighted by molar-refractivity contribution is 5.93. The molecular weight excluding hydrogens is 388 g/mol. The fraction of sp³-hybridized carbons (Fsp3) is 0.520. The number of nitrogens with zero attached hydrogens (tertiary/aromatic N) is 4. The first-order chi connectivity index (χ1) is 15.2. The summed E-state index contributed by atoms with van der Waals surface area (Å²) in [5.74, 6) is 2.36. The van der Waals surface area contributed by atoms with Crippen LogP contribution >= 0.6 is 0 Å². The van der Waals surface area contributed by atoms with Crippen molar-refractivity contribution < 1.29 is 9.53 Å². The van der Waals surface area contributed by atoms with Gasteiger partial charge in [0.1, 0.15) is 11.6 Å². The molecule has 1 atom stereocenters. The second-order valence-electron chi connectivity index (χ2n) is 8.60. The summed E-state index contributed by atoms with van der Waals surface area (Å²) in [5, 5.41) is 0. The van der Waals surface area contributed by atoms with Crippen LogP contribution in [0.3, 0.4) is 0 Å². The number of likely N-dealkylation sites (tertiary alicyclic amines) is 2. The van der Waals surface area contributed by atoms with E-state index in [1.54, 1.807) is 13.3 Å². The maximum absolute atomic E-state index is 13.2. The van der Waals surface area contributed by atoms with Gasteiger partial charge in [-0.2, -0.15) is 0 Å². The number of amides is 1. The van der Waals surface area contributed by atoms with Crippen molar-refractivity contribution in [1.82, 2.24) is 14.8 Å². The van der Waals surface area contributed by atoms with Crippen molar-refractivity contribution in [3.63, 3.8) is 0 Å². The lowest BCUT2D eigenvalue weighted by atomic mass is 9.97. The third-order valence-electron chi connectivity index (χ3n) is 6.53. The van der Waals surface area contributed by atoms with Crippen molar-refractivity contribution >= 4 is 11.7 Å². The van der Waals surface area contributed by atoms with Gasteiger partial charge < -0.3 is 9.64 Å². The normalized spacial score (nSPS) is 20.0. The zero-order valence-electron chi connectivity index (χ0n) is 18.6. The van der Waals surface area contributed by atoms with Crippen molar-refractivity contribution in [2.45, 2.75) is 31.6 Å². The molecule has 1 amide bonds. The Morgan fingerprint density at radius 2 is 1.87 bits per heavy atom. The molecule has 0 spiro atoms. The molecule has 0 radical (unpaired) electrons. The predicted octanol–water partition coefficient (Wildman–Crippen LogP) is 3.40. The first-order valence-corrected chi connectivity index (χ1v) is 11.5. The van der Waals surface area contributed by atoms with E-state index in [4.69, 9.17) is 4.74 Å². The summed E-state index contributed by atoms with van der Waals surface area (Å²) in [7, 11) is 1.74. The van der Waals surface area contributed by atoms with Gasteiger partial charge in [0.05, 0.1) is 13.7 Å². The topological polar surface area (TPSA) is 48.9 Å². The third-order valence-corrected chi connectivity index (χ3v) is 6.53. The summed E-state index contributed by atoms with van der Waals surface area (Å²) < 4.78 is 5.57. The molecule has 4 rings (SSSR count). The number of aromatic nitrogens is 1. The van der Waals surface area contributed by atoms with Crippen LogP contribution in [0.5, 0.6) is 5.75 Å². The SMILES string of the molecule is COc1ccccc1[C@H]1CCN(CCN(C(=O)CN2CCCCC2)c2ccccn2)C1. The lowest BCUT2D eigenvalue weighted by Gasteiger charge is -2.30. The van der Waals surface area contributed by atoms with E-state index in [2.05, 4.69) is 26.9 Å². The number of para-hydroxylation sites is 1. The lowest BCUT2D eigenvalue weighted by molar-refractivity contribution is -0.120. The molecule has 0 bridgehead atoms. The number of methoxy groups -OCH3 is 1. The second kappa shape index (κ2) is 10.7. The first kappa shape index (κ1) is 21.8. The van der Waals surface area contributed by atoms with Crippen LogP contribution in [0.25, 0.3) is 0 Å². The molecular formula is C25H34N4O2. The van der Waals surface area contributed by atoms with Gasteiger partial charge in [-0.3, -0.25) is 14.6 Å². The standard InChI is InChI=1S/C25H34N4O2/c1-31-23-10-4-3-9-22(23)21-12-16-28(19-21)17-18-29(24-11-5-6-13-26-24)25(30)20-27-14-7-2-8-15-27/h3-6,9-11,13,21H,2,7-8,12,14-20H2,1H3/t21-/m0/s1. The van der Waals surface area contributed by atoms with E-state index in [-0.39, 0.29) is 5.91 Å². The maximum Gasteiger partial charge on any atom is 0.242 e. The summed E-state index contributed by atoms with van der Waals surface area (Å²) in [6.45, 7) is 6.09. The average Bonchev–Trinajstić information content (AvgIpc) is 3.29. The molecule has 1 aromatic carbocycles. The summed E-state index contributed by atoms with van der Waals surface area (Å²) in [5.41, 5.74) is 1.29. The third kappa shape index (κ3) is 5.63. The van der Waals surface area contributed by atoms with Crippen LogP contribution in [0.1, 0.15) is 37.2 Å². The Hall–Kier alpha value is -2.44. The molecule has 1 aromatic heterocycles. The van der Waals surface area contributed by atoms with Gasteiger partial charge >= 0.3 is 0 Å². The number of ether oxygens (including phenoxy) is 1. The van der Waals surface area contributed by atoms with E-state index in [1.165, 1.54) is 24.8 Å². The van der Waals surface area contributed by atoms with Gasteiger partial charge in [-0.25, -0.2) is 4.98 Å². The Bertz CT molecular complexity index is 838. The monoisotopic (exact) mass is 422 g/mol. The van der Waals surface area contributed by atoms with E-state index in [0.29, 0.717) is 19.0 Å². The zero-order chi connectivity index (χ0) is 21.5. The van der Waals surface area contributed by atoms with Crippen molar-refractivity contribution in [3.05, 3.63) is 54.2 Å². The lowest BCUT2D eigenvalue weighted by Crippen LogP contribution is -2.45. The first-order valence-electron chi connectivity index (χ1n) is 11.5. The molecule has 6 nitrogen and oxygen atoms in total. The van der Waals surface area contributed by atoms with Crippen LogP contribution in [-0.2, 0) is 4.79 Å². The smallest absolute Gasteiger partial charge is 0.242 e. The molecule has 6 heteroatoms. The van der Waals surface area contributed by atoms with Gasteiger partial charge in [0.25, 0.3) is 0 Å². The minimum Gasteiger partial charge on any atom is -0.496 e. The van der Waals surface area contributed by atoms with E-state index < -0.39 is 0 Å². The van der Waals surface area contributed by atoms with E-state index in [1.807, 2.05) is 35.2 Å². The quantitative estimate of drug-likeness (QED) is 0.653. The molecule has 0 saturated carbocycles. The number of pyridine rings is 1. The van der Waals surface area contributed by atoms with Crippen molar-refractivity contribution in [2.75, 3.05) is 57.8 Å². The summed E-state index contributed by atoms with van der Waals surface area (Å²) >= 11 is 0. The molecule has 0 N–H and O–H groups in total. The molecule has 31 heavy (non-hydrogen) atoms. The minimum atomic E-state index is 0.154. The number of rotatable bonds is 8. The van der Waals surface area contributed by atoms with Gasteiger partial charge in [0.2, 0.25) is 5.91 Å². The number of carbonyl (C=O) groups is 1. The molecule has 2 aliphatic rings. The molecule has 166 valence electrons. The van der Waals surface area contributed by atoms with Gasteiger partial charge in [0.15, 0.2) is 0 Å². The summed E-state index contributed by atoms with van der Waals surface area (Å²) in [4.78, 5) is 24.3. The number of benzene rings is 1. The molecule has 0 unspecified atom stereocenters. The van der Waals surface area contributed by atoms with Gasteiger partial charge in [0, 0.05) is 31.7 Å². The fourth-order valence-electron chi connectivity index (χ4n) is 4.81. The van der Waals surface area contributed by atoms with Crippen LogP contribution in [0.4, 0.5) is 5.82 Å². The highest BCUT2D eigenvalue weighted by Gasteiger charge is 2.27. The average molecular weight is 423 g/mol. The van der Waals surface area contributed by atoms with Crippen LogP contribution < -0.4 is 9.64 Å². The van der Waals surface area contributed by atoms with Crippen LogP contribution in [0.2, 0.25) is 0 Å². The molecule has 2 aliphatic heterocycles. The predicted molar refractivity (Wildman–Crippen MR) is 124 cm³/mol. The molecule has 0 aliphatic carbocycles. The van der Waals surface area contributed by atoms with E-state index in [9.17, 15) is 4.79 Å². The van der Waals surface area contributed by atoms with Crippen LogP contribution in [0, 0.1) is 0 Å². The Kier molecular flexibility index (Phi) is 7.54. The van der Waals surface area contributed by atoms with Crippen LogP contribution in [-0.4, -0.2) is 73.6 Å². The summed E-state index contributed by atoms with van der Waals surface area (Å²) in [6, 6.07) is 14.1. The minimum absolute atomic E-state index is 0.154. The van der Waals surface area contributed by atoms with Crippen molar-refractivity contribution in [1.29, 1.82) is 0 Å². The maximum atomic E-state index is 13.2. The molecule has 2 fully saturated rings. The van der Waals surface area contributed by atoms with Crippen molar-refractivity contribution in [2.24, 2.45) is 0 Å². The van der Waals surface area contributed by atoms with Gasteiger partial charge in [-0.1, -0.05) is 30.7 Å². The van der Waals surface area contributed by atoms with E-state index in [0.717, 1.165) is 50.7 Å². The number of anilines is 1. The van der Waals surface area contributed by atoms with Crippen molar-refractivity contribution in [3.8, 4) is 5.75 Å². The molecule has 2 saturated heterocycles. The number of hydrogen-bond donors (Lipinski definition) is 0. The van der Waals surface area contributed by atoms with Gasteiger partial charge in [-0.05, 0) is 62.7 Å². The van der Waals surface area contributed by atoms with E-state index >= 15 is 0 Å². The van der Waals surface area contributed by atoms with Crippen LogP contribution in [0.15, 0.2) is 48.7 Å². The molecule has 3 heterocycles. The Balaban J connectivity index is 1.38. The second-order valence-corrected chi connectivity index (χ2v) is 8.60. The number of piperidine rings is 1. The number of carbonyl (C=O) groups excluding carboxylic acids is 1. The fourth-order valence-corrected chi connectivity index (χ4v) is 4.81. The highest BCUT2D eigenvalue weighted by Crippen LogP contribution is 2.33. The Labute approximate surface area is 185 Å². The summed E-state index contributed by atoms with van der Waals surface area (Å²) in [6.07, 6.45) is 6.54. The molecule has 2 aromatic rings. The van der Waals surface area contributed by atoms with Gasteiger partial charge in [-0.15, -0.1) is 0 Å². The highest BCUT2D eigenvalue weighted by atomic mass is 16.5. The number of hydrogen-bond acceptors (Lipinski definition) is 5. The Morgan fingerprint density at radius 1 is 1.06 bits per heavy atom. The zero-order valence-corrected chi connectivity index (χ0v) is 18.6. The Morgan fingerprint density at radius 3 is 2.65 bits per heavy atom. The largest absolute Gasteiger partial charge is 0.496 e.